The van der Waals surface area contributed by atoms with Crippen LogP contribution in [0.5, 0.6) is 0 Å². The zero-order valence-electron chi connectivity index (χ0n) is 39.9. The second-order valence-corrected chi connectivity index (χ2v) is 21.0. The van der Waals surface area contributed by atoms with E-state index in [1.165, 1.54) is 117 Å². The van der Waals surface area contributed by atoms with Gasteiger partial charge < -0.3 is 9.80 Å². The van der Waals surface area contributed by atoms with Gasteiger partial charge in [0.2, 0.25) is 0 Å². The molecule has 10 aromatic carbocycles. The lowest BCUT2D eigenvalue weighted by Gasteiger charge is -2.42. The van der Waals surface area contributed by atoms with Gasteiger partial charge in [0.1, 0.15) is 0 Å². The van der Waals surface area contributed by atoms with Crippen LogP contribution in [0.15, 0.2) is 200 Å². The molecule has 1 aliphatic carbocycles. The van der Waals surface area contributed by atoms with Crippen LogP contribution in [0.3, 0.4) is 0 Å². The number of para-hydroxylation sites is 4. The summed E-state index contributed by atoms with van der Waals surface area (Å²) >= 11 is 0. The highest BCUT2D eigenvalue weighted by molar-refractivity contribution is 6.23. The first-order chi connectivity index (χ1) is 32.9. The fourth-order valence-corrected chi connectivity index (χ4v) is 12.6. The molecule has 0 fully saturated rings. The van der Waals surface area contributed by atoms with Gasteiger partial charge in [0.15, 0.2) is 0 Å². The van der Waals surface area contributed by atoms with Crippen molar-refractivity contribution in [2.45, 2.75) is 64.7 Å². The molecule has 0 saturated carbocycles. The number of hydrogen-bond acceptors (Lipinski definition) is 2. The smallest absolute Gasteiger partial charge is 0.0502 e. The number of hydrogen-bond donors (Lipinski definition) is 0. The van der Waals surface area contributed by atoms with Crippen LogP contribution in [-0.2, 0) is 16.2 Å². The highest BCUT2D eigenvalue weighted by Gasteiger charge is 2.39. The van der Waals surface area contributed by atoms with Gasteiger partial charge in [-0.25, -0.2) is 0 Å². The molecule has 10 aromatic rings. The van der Waals surface area contributed by atoms with Crippen LogP contribution in [-0.4, -0.2) is 0 Å². The molecule has 68 heavy (non-hydrogen) atoms. The molecule has 0 amide bonds. The van der Waals surface area contributed by atoms with E-state index in [4.69, 9.17) is 0 Å². The Morgan fingerprint density at radius 1 is 0.294 bits per heavy atom. The molecular weight excluding hydrogens is 821 g/mol. The average molecular weight is 875 g/mol. The van der Waals surface area contributed by atoms with Crippen molar-refractivity contribution in [3.8, 4) is 33.4 Å². The van der Waals surface area contributed by atoms with Gasteiger partial charge in [-0.05, 0) is 150 Å². The highest BCUT2D eigenvalue weighted by Crippen LogP contribution is 2.57. The van der Waals surface area contributed by atoms with Crippen LogP contribution in [0.2, 0.25) is 0 Å². The minimum absolute atomic E-state index is 0.148. The molecule has 2 nitrogen and oxygen atoms in total. The molecule has 0 spiro atoms. The minimum atomic E-state index is -0.155. The molecule has 2 heterocycles. The number of fused-ring (bicyclic) bond motifs is 9. The Kier molecular flexibility index (Phi) is 8.60. The van der Waals surface area contributed by atoms with Gasteiger partial charge in [0.05, 0.1) is 22.7 Å². The first kappa shape index (κ1) is 40.6. The van der Waals surface area contributed by atoms with E-state index in [2.05, 4.69) is 258 Å². The van der Waals surface area contributed by atoms with E-state index < -0.39 is 0 Å². The van der Waals surface area contributed by atoms with Crippen LogP contribution >= 0.6 is 0 Å². The summed E-state index contributed by atoms with van der Waals surface area (Å²) in [5.74, 6) is 0. The first-order valence-electron chi connectivity index (χ1n) is 24.3. The molecule has 2 aliphatic heterocycles. The summed E-state index contributed by atoms with van der Waals surface area (Å²) in [5, 5.41) is 4.95. The van der Waals surface area contributed by atoms with E-state index >= 15 is 0 Å². The molecule has 328 valence electrons. The fourth-order valence-electron chi connectivity index (χ4n) is 12.6. The zero-order chi connectivity index (χ0) is 46.3. The summed E-state index contributed by atoms with van der Waals surface area (Å²) in [4.78, 5) is 5.01. The minimum Gasteiger partial charge on any atom is -0.310 e. The number of nitrogens with zero attached hydrogens (tertiary/aromatic N) is 2. The molecule has 0 radical (unpaired) electrons. The lowest BCUT2D eigenvalue weighted by Crippen LogP contribution is -2.30. The maximum atomic E-state index is 2.52. The maximum absolute atomic E-state index is 2.52. The SMILES string of the molecule is Cc1ccc(-c2c3ccc(N4c5ccccc5C(C)(C)c5ccccc54)cc3c(-c3ccc4c(c3)C(C)(C)c3ccccc3-4)c3ccc(N4c5ccccc5C(C)(C)c5ccccc54)cc23)cc1. The third-order valence-corrected chi connectivity index (χ3v) is 16.1. The fraction of sp³-hybridized carbons (Fsp3) is 0.152. The van der Waals surface area contributed by atoms with Gasteiger partial charge in [-0.1, -0.05) is 193 Å². The summed E-state index contributed by atoms with van der Waals surface area (Å²) in [6, 6.07) is 76.0. The molecule has 0 aromatic heterocycles. The Balaban J connectivity index is 1.14. The van der Waals surface area contributed by atoms with Crippen molar-refractivity contribution in [1.82, 2.24) is 0 Å². The second-order valence-electron chi connectivity index (χ2n) is 21.0. The molecule has 0 unspecified atom stereocenters. The van der Waals surface area contributed by atoms with Crippen LogP contribution in [0, 0.1) is 6.92 Å². The summed E-state index contributed by atoms with van der Waals surface area (Å²) in [6.07, 6.45) is 0. The molecule has 0 N–H and O–H groups in total. The highest BCUT2D eigenvalue weighted by atomic mass is 15.2. The molecule has 0 saturated heterocycles. The van der Waals surface area contributed by atoms with Gasteiger partial charge >= 0.3 is 0 Å². The van der Waals surface area contributed by atoms with Crippen LogP contribution in [0.4, 0.5) is 34.1 Å². The van der Waals surface area contributed by atoms with Gasteiger partial charge in [-0.3, -0.25) is 0 Å². The van der Waals surface area contributed by atoms with Crippen LogP contribution in [0.1, 0.15) is 80.5 Å². The predicted octanol–water partition coefficient (Wildman–Crippen LogP) is 18.2. The summed E-state index contributed by atoms with van der Waals surface area (Å²) < 4.78 is 0. The second kappa shape index (κ2) is 14.4. The lowest BCUT2D eigenvalue weighted by molar-refractivity contribution is 0.632. The van der Waals surface area contributed by atoms with E-state index in [1.54, 1.807) is 0 Å². The van der Waals surface area contributed by atoms with Crippen molar-refractivity contribution in [1.29, 1.82) is 0 Å². The van der Waals surface area contributed by atoms with Crippen molar-refractivity contribution < 1.29 is 0 Å². The summed E-state index contributed by atoms with van der Waals surface area (Å²) in [6.45, 7) is 16.4. The Morgan fingerprint density at radius 2 is 0.662 bits per heavy atom. The zero-order valence-corrected chi connectivity index (χ0v) is 39.9. The Labute approximate surface area is 400 Å². The quantitative estimate of drug-likeness (QED) is 0.163. The van der Waals surface area contributed by atoms with Gasteiger partial charge in [-0.2, -0.15) is 0 Å². The molecule has 3 aliphatic rings. The van der Waals surface area contributed by atoms with Crippen LogP contribution in [0.25, 0.3) is 54.9 Å². The van der Waals surface area contributed by atoms with Crippen molar-refractivity contribution in [2.75, 3.05) is 9.80 Å². The average Bonchev–Trinajstić information content (AvgIpc) is 3.59. The van der Waals surface area contributed by atoms with Gasteiger partial charge in [-0.15, -0.1) is 0 Å². The number of aryl methyl sites for hydroxylation is 1. The monoisotopic (exact) mass is 874 g/mol. The third-order valence-electron chi connectivity index (χ3n) is 16.1. The van der Waals surface area contributed by atoms with E-state index in [0.29, 0.717) is 0 Å². The third kappa shape index (κ3) is 5.64. The van der Waals surface area contributed by atoms with E-state index in [1.807, 2.05) is 0 Å². The molecule has 0 bridgehead atoms. The van der Waals surface area contributed by atoms with Gasteiger partial charge in [0, 0.05) is 27.6 Å². The normalized spacial score (nSPS) is 15.6. The summed E-state index contributed by atoms with van der Waals surface area (Å²) in [5.41, 5.74) is 23.7. The Morgan fingerprint density at radius 3 is 1.13 bits per heavy atom. The Hall–Kier alpha value is -7.68. The number of anilines is 6. The molecule has 13 rings (SSSR count). The predicted molar refractivity (Wildman–Crippen MR) is 288 cm³/mol. The van der Waals surface area contributed by atoms with Crippen molar-refractivity contribution in [3.05, 3.63) is 239 Å². The van der Waals surface area contributed by atoms with Crippen molar-refractivity contribution >= 4 is 55.7 Å². The van der Waals surface area contributed by atoms with Gasteiger partial charge in [0.25, 0.3) is 0 Å². The first-order valence-corrected chi connectivity index (χ1v) is 24.3. The number of benzene rings is 10. The van der Waals surface area contributed by atoms with E-state index in [-0.39, 0.29) is 16.2 Å². The van der Waals surface area contributed by atoms with E-state index in [9.17, 15) is 0 Å². The van der Waals surface area contributed by atoms with E-state index in [0.717, 1.165) is 11.4 Å². The van der Waals surface area contributed by atoms with Crippen LogP contribution < -0.4 is 9.80 Å². The largest absolute Gasteiger partial charge is 0.310 e. The molecule has 0 atom stereocenters. The standard InChI is InChI=1S/C66H54N2/c1-41-28-30-42(31-29-41)62-48-36-33-45(68-60-26-16-12-22-55(60)66(6,7)56-23-13-17-27-61(56)68)40-51(48)63(43-32-35-47-46-18-8-9-19-52(46)64(2,3)57(47)38-43)49-37-34-44(39-50(49)62)67-58-24-14-10-20-53(58)65(4,5)54-21-11-15-25-59(54)67/h8-40H,1-7H3. The van der Waals surface area contributed by atoms with Crippen molar-refractivity contribution in [3.63, 3.8) is 0 Å². The Bertz CT molecular complexity index is 3640. The summed E-state index contributed by atoms with van der Waals surface area (Å²) in [7, 11) is 0. The van der Waals surface area contributed by atoms with Crippen molar-refractivity contribution in [2.24, 2.45) is 0 Å². The molecular formula is C66H54N2. The topological polar surface area (TPSA) is 6.48 Å². The molecule has 2 heteroatoms. The number of rotatable bonds is 4. The lowest BCUT2D eigenvalue weighted by atomic mass is 9.73. The maximum Gasteiger partial charge on any atom is 0.0502 e.